The van der Waals surface area contributed by atoms with Gasteiger partial charge < -0.3 is 24.8 Å². The van der Waals surface area contributed by atoms with Gasteiger partial charge in [-0.1, -0.05) is 83.1 Å². The lowest BCUT2D eigenvalue weighted by Crippen LogP contribution is -2.24. The van der Waals surface area contributed by atoms with Gasteiger partial charge in [0.05, 0.1) is 18.2 Å². The Bertz CT molecular complexity index is 1610. The predicted molar refractivity (Wildman–Crippen MR) is 184 cm³/mol. The standard InChI is InChI=1S/C39H50O7/c1-36(2,3)26-18-23(19-27(33(26)43)37(4,5)6)35(44)46-34-28(38(7,8)9)16-22(17-29(34)39(10,11)12)30(40)21-32(42)25-15-14-24(45-13)20-31(25)41/h14-21,40-41,43H,1-13H3/b30-21-. The molecular weight excluding hydrogens is 580 g/mol. The van der Waals surface area contributed by atoms with Gasteiger partial charge in [0, 0.05) is 40.0 Å². The van der Waals surface area contributed by atoms with Gasteiger partial charge in [-0.15, -0.1) is 0 Å². The monoisotopic (exact) mass is 630 g/mol. The molecule has 0 saturated carbocycles. The summed E-state index contributed by atoms with van der Waals surface area (Å²) in [6.45, 7) is 23.8. The molecule has 46 heavy (non-hydrogen) atoms. The molecule has 0 radical (unpaired) electrons. The summed E-state index contributed by atoms with van der Waals surface area (Å²) in [6.07, 6.45) is 1.07. The minimum atomic E-state index is -0.584. The molecule has 0 atom stereocenters. The highest BCUT2D eigenvalue weighted by Gasteiger charge is 2.32. The third-order valence-corrected chi connectivity index (χ3v) is 7.90. The van der Waals surface area contributed by atoms with Crippen molar-refractivity contribution >= 4 is 17.5 Å². The zero-order valence-corrected chi connectivity index (χ0v) is 29.6. The van der Waals surface area contributed by atoms with Gasteiger partial charge in [-0.25, -0.2) is 4.79 Å². The molecule has 3 rings (SSSR count). The summed E-state index contributed by atoms with van der Waals surface area (Å²) in [5.74, 6) is -0.760. The van der Waals surface area contributed by atoms with Crippen LogP contribution in [0, 0.1) is 0 Å². The molecule has 0 bridgehead atoms. The third-order valence-electron chi connectivity index (χ3n) is 7.90. The van der Waals surface area contributed by atoms with E-state index in [1.165, 1.54) is 19.2 Å². The normalized spacial score (nSPS) is 13.0. The molecule has 3 aromatic rings. The van der Waals surface area contributed by atoms with Gasteiger partial charge in [-0.3, -0.25) is 4.79 Å². The van der Waals surface area contributed by atoms with Crippen LogP contribution >= 0.6 is 0 Å². The predicted octanol–water partition coefficient (Wildman–Crippen LogP) is 9.30. The van der Waals surface area contributed by atoms with Crippen LogP contribution in [0.3, 0.4) is 0 Å². The number of ether oxygens (including phenoxy) is 2. The summed E-state index contributed by atoms with van der Waals surface area (Å²) in [7, 11) is 1.46. The summed E-state index contributed by atoms with van der Waals surface area (Å²) in [6, 6.07) is 11.2. The van der Waals surface area contributed by atoms with E-state index in [0.717, 1.165) is 6.08 Å². The van der Waals surface area contributed by atoms with Gasteiger partial charge in [0.25, 0.3) is 0 Å². The molecule has 248 valence electrons. The van der Waals surface area contributed by atoms with Crippen LogP contribution in [0.25, 0.3) is 5.76 Å². The number of phenolic OH excluding ortho intramolecular Hbond substituents is 2. The summed E-state index contributed by atoms with van der Waals surface area (Å²) >= 11 is 0. The minimum Gasteiger partial charge on any atom is -0.507 e. The van der Waals surface area contributed by atoms with Crippen molar-refractivity contribution in [1.82, 2.24) is 0 Å². The molecule has 0 saturated heterocycles. The Morgan fingerprint density at radius 1 is 0.652 bits per heavy atom. The topological polar surface area (TPSA) is 113 Å². The Hall–Kier alpha value is -4.26. The zero-order valence-electron chi connectivity index (χ0n) is 29.6. The van der Waals surface area contributed by atoms with E-state index in [9.17, 15) is 24.9 Å². The fourth-order valence-electron chi connectivity index (χ4n) is 5.18. The second kappa shape index (κ2) is 12.5. The van der Waals surface area contributed by atoms with Crippen molar-refractivity contribution in [3.8, 4) is 23.0 Å². The number of hydrogen-bond acceptors (Lipinski definition) is 7. The van der Waals surface area contributed by atoms with Gasteiger partial charge in [-0.05, 0) is 58.1 Å². The van der Waals surface area contributed by atoms with Crippen LogP contribution in [-0.2, 0) is 21.7 Å². The van der Waals surface area contributed by atoms with E-state index in [1.807, 2.05) is 83.1 Å². The maximum Gasteiger partial charge on any atom is 0.343 e. The first-order valence-electron chi connectivity index (χ1n) is 15.5. The molecule has 0 aliphatic rings. The number of aliphatic hydroxyl groups is 1. The molecule has 0 aliphatic carbocycles. The number of methoxy groups -OCH3 is 1. The number of carbonyl (C=O) groups excluding carboxylic acids is 2. The summed E-state index contributed by atoms with van der Waals surface area (Å²) in [4.78, 5) is 27.1. The lowest BCUT2D eigenvalue weighted by Gasteiger charge is -2.30. The Balaban J connectivity index is 2.21. The Kier molecular flexibility index (Phi) is 9.84. The van der Waals surface area contributed by atoms with Crippen LogP contribution in [0.1, 0.15) is 132 Å². The van der Waals surface area contributed by atoms with E-state index in [0.29, 0.717) is 44.9 Å². The molecule has 3 aromatic carbocycles. The summed E-state index contributed by atoms with van der Waals surface area (Å²) < 4.78 is 11.4. The van der Waals surface area contributed by atoms with Gasteiger partial charge in [0.1, 0.15) is 28.8 Å². The first-order valence-corrected chi connectivity index (χ1v) is 15.5. The van der Waals surface area contributed by atoms with Crippen LogP contribution < -0.4 is 9.47 Å². The Labute approximate surface area is 273 Å². The third kappa shape index (κ3) is 7.93. The van der Waals surface area contributed by atoms with Gasteiger partial charge >= 0.3 is 5.97 Å². The van der Waals surface area contributed by atoms with Crippen LogP contribution in [-0.4, -0.2) is 34.2 Å². The number of aromatic hydroxyl groups is 2. The molecule has 0 amide bonds. The SMILES string of the molecule is COc1ccc(C(=O)/C=C(\O)c2cc(C(C)(C)C)c(OC(=O)c3cc(C(C)(C)C)c(O)c(C(C)(C)C)c3)c(C(C)(C)C)c2)c(O)c1. The number of rotatable bonds is 6. The van der Waals surface area contributed by atoms with Gasteiger partial charge in [-0.2, -0.15) is 0 Å². The molecule has 0 heterocycles. The van der Waals surface area contributed by atoms with Gasteiger partial charge in [0.15, 0.2) is 5.78 Å². The largest absolute Gasteiger partial charge is 0.507 e. The number of carbonyl (C=O) groups is 2. The average Bonchev–Trinajstić information content (AvgIpc) is 2.90. The highest BCUT2D eigenvalue weighted by atomic mass is 16.5. The lowest BCUT2D eigenvalue weighted by atomic mass is 9.78. The molecule has 0 spiro atoms. The highest BCUT2D eigenvalue weighted by molar-refractivity contribution is 6.09. The smallest absolute Gasteiger partial charge is 0.343 e. The molecule has 3 N–H and O–H groups in total. The van der Waals surface area contributed by atoms with Crippen molar-refractivity contribution in [3.63, 3.8) is 0 Å². The van der Waals surface area contributed by atoms with Gasteiger partial charge in [0.2, 0.25) is 0 Å². The Morgan fingerprint density at radius 2 is 1.09 bits per heavy atom. The number of phenols is 2. The number of benzene rings is 3. The first-order chi connectivity index (χ1) is 20.9. The molecule has 0 aromatic heterocycles. The van der Waals surface area contributed by atoms with E-state index in [4.69, 9.17) is 9.47 Å². The minimum absolute atomic E-state index is 0.0168. The van der Waals surface area contributed by atoms with Crippen molar-refractivity contribution in [2.24, 2.45) is 0 Å². The maximum absolute atomic E-state index is 14.0. The fourth-order valence-corrected chi connectivity index (χ4v) is 5.18. The van der Waals surface area contributed by atoms with Crippen LogP contribution in [0.15, 0.2) is 48.5 Å². The second-order valence-electron chi connectivity index (χ2n) is 16.0. The van der Waals surface area contributed by atoms with Crippen molar-refractivity contribution < 1.29 is 34.4 Å². The zero-order chi connectivity index (χ0) is 35.2. The fraction of sp³-hybridized carbons (Fsp3) is 0.436. The quantitative estimate of drug-likeness (QED) is 0.0818. The van der Waals surface area contributed by atoms with E-state index in [2.05, 4.69) is 0 Å². The highest BCUT2D eigenvalue weighted by Crippen LogP contribution is 2.44. The van der Waals surface area contributed by atoms with Crippen molar-refractivity contribution in [3.05, 3.63) is 87.5 Å². The molecular formula is C39H50O7. The van der Waals surface area contributed by atoms with E-state index < -0.39 is 33.4 Å². The Morgan fingerprint density at radius 3 is 1.48 bits per heavy atom. The van der Waals surface area contributed by atoms with Crippen molar-refractivity contribution in [2.75, 3.05) is 7.11 Å². The maximum atomic E-state index is 14.0. The van der Waals surface area contributed by atoms with E-state index >= 15 is 0 Å². The molecule has 0 fully saturated rings. The van der Waals surface area contributed by atoms with Crippen LogP contribution in [0.5, 0.6) is 23.0 Å². The molecule has 7 heteroatoms. The van der Waals surface area contributed by atoms with Crippen molar-refractivity contribution in [2.45, 2.75) is 105 Å². The number of esters is 1. The molecule has 7 nitrogen and oxygen atoms in total. The number of hydrogen-bond donors (Lipinski definition) is 3. The second-order valence-corrected chi connectivity index (χ2v) is 16.0. The lowest BCUT2D eigenvalue weighted by molar-refractivity contribution is 0.0728. The van der Waals surface area contributed by atoms with E-state index in [1.54, 1.807) is 30.3 Å². The van der Waals surface area contributed by atoms with E-state index in [-0.39, 0.29) is 22.8 Å². The van der Waals surface area contributed by atoms with Crippen molar-refractivity contribution in [1.29, 1.82) is 0 Å². The van der Waals surface area contributed by atoms with Crippen LogP contribution in [0.4, 0.5) is 0 Å². The summed E-state index contributed by atoms with van der Waals surface area (Å²) in [5, 5.41) is 32.8. The number of ketones is 1. The van der Waals surface area contributed by atoms with Crippen LogP contribution in [0.2, 0.25) is 0 Å². The summed E-state index contributed by atoms with van der Waals surface area (Å²) in [5.41, 5.74) is 1.39. The average molecular weight is 631 g/mol. The number of aliphatic hydroxyl groups excluding tert-OH is 1. The number of allylic oxidation sites excluding steroid dienone is 1. The molecule has 0 aliphatic heterocycles. The first kappa shape index (κ1) is 36.2. The molecule has 0 unspecified atom stereocenters.